The van der Waals surface area contributed by atoms with Gasteiger partial charge in [0, 0.05) is 8.07 Å². The second-order valence-electron chi connectivity index (χ2n) is 5.62. The smallest absolute Gasteiger partial charge is 1.00 e. The molecule has 98 valence electrons. The Labute approximate surface area is 145 Å². The van der Waals surface area contributed by atoms with Gasteiger partial charge in [-0.1, -0.05) is 45.8 Å². The Morgan fingerprint density at radius 2 is 1.29 bits per heavy atom. The van der Waals surface area contributed by atoms with E-state index in [0.29, 0.717) is 0 Å². The van der Waals surface area contributed by atoms with E-state index in [1.54, 1.807) is 0 Å². The van der Waals surface area contributed by atoms with E-state index in [-0.39, 0.29) is 68.8 Å². The first kappa shape index (κ1) is 26.9. The van der Waals surface area contributed by atoms with E-state index >= 15 is 0 Å². The predicted molar refractivity (Wildman–Crippen MR) is 62.3 cm³/mol. The van der Waals surface area contributed by atoms with Crippen molar-refractivity contribution in [3.8, 4) is 0 Å². The zero-order valence-electron chi connectivity index (χ0n) is 11.6. The summed E-state index contributed by atoms with van der Waals surface area (Å²) in [5.74, 6) is 0. The van der Waals surface area contributed by atoms with Crippen molar-refractivity contribution in [1.29, 1.82) is 0 Å². The maximum atomic E-state index is 3.67. The first-order chi connectivity index (χ1) is 5.66. The van der Waals surface area contributed by atoms with Crippen LogP contribution in [0.4, 0.5) is 0 Å². The Morgan fingerprint density at radius 3 is 1.41 bits per heavy atom. The van der Waals surface area contributed by atoms with E-state index in [1.165, 1.54) is 16.3 Å². The van der Waals surface area contributed by atoms with E-state index in [1.807, 2.05) is 0 Å². The molecule has 1 aliphatic rings. The molecule has 5 heteroatoms. The molecule has 0 spiro atoms. The van der Waals surface area contributed by atoms with Gasteiger partial charge in [0.1, 0.15) is 0 Å². The molecule has 0 fully saturated rings. The van der Waals surface area contributed by atoms with Crippen molar-refractivity contribution in [2.45, 2.75) is 47.3 Å². The van der Waals surface area contributed by atoms with Gasteiger partial charge >= 0.3 is 26.2 Å². The molecule has 0 aromatic heterocycles. The Balaban J connectivity index is -0.000000211. The van der Waals surface area contributed by atoms with Gasteiger partial charge in [0.15, 0.2) is 0 Å². The van der Waals surface area contributed by atoms with Crippen LogP contribution >= 0.6 is 0 Å². The van der Waals surface area contributed by atoms with Crippen LogP contribution in [0.25, 0.3) is 0 Å². The molecule has 0 N–H and O–H groups in total. The molecule has 0 aromatic carbocycles. The van der Waals surface area contributed by atoms with Crippen LogP contribution in [-0.4, -0.2) is 8.07 Å². The molecule has 0 saturated carbocycles. The van der Waals surface area contributed by atoms with E-state index in [4.69, 9.17) is 0 Å². The van der Waals surface area contributed by atoms with Crippen LogP contribution in [0.3, 0.4) is 0 Å². The van der Waals surface area contributed by atoms with Crippen molar-refractivity contribution < 1.29 is 63.4 Å². The summed E-state index contributed by atoms with van der Waals surface area (Å²) in [5.41, 5.74) is 3.19. The summed E-state index contributed by atoms with van der Waals surface area (Å²) in [5, 5.41) is 1.54. The van der Waals surface area contributed by atoms with Gasteiger partial charge in [-0.3, -0.25) is 6.08 Å². The summed E-state index contributed by atoms with van der Waals surface area (Å²) in [6.45, 7) is 16.2. The third-order valence-corrected chi connectivity index (χ3v) is 5.06. The van der Waals surface area contributed by atoms with Crippen molar-refractivity contribution in [1.82, 2.24) is 0 Å². The normalized spacial score (nSPS) is 17.0. The standard InChI is InChI=1S/C12H21Si.3ClH.Zr/c1-9-10(2)12(3,4)8-11(9)13(5,6)7;;;;/h1-7H3;3*1H;/q-1;;;;+4/p-3. The van der Waals surface area contributed by atoms with Gasteiger partial charge in [-0.25, -0.2) is 10.8 Å². The average molecular weight is 391 g/mol. The summed E-state index contributed by atoms with van der Waals surface area (Å²) in [7, 11) is -1.17. The molecule has 0 aromatic rings. The maximum Gasteiger partial charge on any atom is 4.00 e. The zero-order valence-corrected chi connectivity index (χ0v) is 17.4. The van der Waals surface area contributed by atoms with Gasteiger partial charge in [-0.15, -0.1) is 6.92 Å². The molecule has 0 bridgehead atoms. The molecule has 1 rings (SSSR count). The van der Waals surface area contributed by atoms with E-state index < -0.39 is 8.07 Å². The third kappa shape index (κ3) is 5.95. The summed E-state index contributed by atoms with van der Waals surface area (Å²) >= 11 is 0. The molecule has 0 aliphatic heterocycles. The van der Waals surface area contributed by atoms with Gasteiger partial charge < -0.3 is 37.2 Å². The monoisotopic (exact) mass is 388 g/mol. The largest absolute Gasteiger partial charge is 4.00 e. The second kappa shape index (κ2) is 8.59. The molecule has 0 saturated heterocycles. The van der Waals surface area contributed by atoms with Crippen molar-refractivity contribution in [3.05, 3.63) is 22.4 Å². The molecular formula is C12H21Cl3SiZr. The first-order valence-corrected chi connectivity index (χ1v) is 8.50. The van der Waals surface area contributed by atoms with Crippen LogP contribution in [0.15, 0.2) is 16.3 Å². The molecule has 17 heavy (non-hydrogen) atoms. The zero-order chi connectivity index (χ0) is 10.4. The molecule has 0 amide bonds. The fraction of sp³-hybridized carbons (Fsp3) is 0.667. The van der Waals surface area contributed by atoms with Crippen molar-refractivity contribution in [2.24, 2.45) is 5.41 Å². The third-order valence-electron chi connectivity index (χ3n) is 3.06. The summed E-state index contributed by atoms with van der Waals surface area (Å²) < 4.78 is 0. The fourth-order valence-corrected chi connectivity index (χ4v) is 3.91. The topological polar surface area (TPSA) is 0 Å². The number of halogens is 3. The van der Waals surface area contributed by atoms with Crippen molar-refractivity contribution in [3.63, 3.8) is 0 Å². The average Bonchev–Trinajstić information content (AvgIpc) is 2.12. The summed E-state index contributed by atoms with van der Waals surface area (Å²) in [6.07, 6.45) is 3.67. The van der Waals surface area contributed by atoms with E-state index in [2.05, 4.69) is 53.4 Å². The van der Waals surface area contributed by atoms with Gasteiger partial charge in [-0.05, 0) is 0 Å². The molecule has 0 atom stereocenters. The minimum Gasteiger partial charge on any atom is -1.00 e. The van der Waals surface area contributed by atoms with E-state index in [0.717, 1.165) is 0 Å². The maximum absolute atomic E-state index is 3.67. The first-order valence-electron chi connectivity index (χ1n) is 5.00. The Bertz CT molecular complexity index is 301. The Morgan fingerprint density at radius 1 is 0.941 bits per heavy atom. The SMILES string of the molecule is CC1=C(C)C(C)(C)[C-]=C1[Si](C)(C)C.[Cl-].[Cl-].[Cl-].[Zr+4]. The van der Waals surface area contributed by atoms with Crippen molar-refractivity contribution in [2.75, 3.05) is 0 Å². The molecule has 0 nitrogen and oxygen atoms in total. The molecule has 0 unspecified atom stereocenters. The number of allylic oxidation sites excluding steroid dienone is 4. The molecular weight excluding hydrogens is 370 g/mol. The summed E-state index contributed by atoms with van der Waals surface area (Å²) in [4.78, 5) is 0. The molecule has 0 radical (unpaired) electrons. The van der Waals surface area contributed by atoms with E-state index in [9.17, 15) is 0 Å². The Hall–Kier alpha value is 1.45. The van der Waals surface area contributed by atoms with Gasteiger partial charge in [0.25, 0.3) is 0 Å². The minimum atomic E-state index is -1.17. The van der Waals surface area contributed by atoms with Crippen LogP contribution in [0.2, 0.25) is 19.6 Å². The van der Waals surface area contributed by atoms with Gasteiger partial charge in [0.05, 0.1) is 0 Å². The van der Waals surface area contributed by atoms with Crippen molar-refractivity contribution >= 4 is 8.07 Å². The van der Waals surface area contributed by atoms with Crippen LogP contribution in [0, 0.1) is 11.5 Å². The van der Waals surface area contributed by atoms with Gasteiger partial charge in [0.2, 0.25) is 0 Å². The Kier molecular flexibility index (Phi) is 13.6. The van der Waals surface area contributed by atoms with Crippen LogP contribution in [-0.2, 0) is 26.2 Å². The quantitative estimate of drug-likeness (QED) is 0.311. The number of hydrogen-bond donors (Lipinski definition) is 0. The van der Waals surface area contributed by atoms with Crippen LogP contribution in [0.1, 0.15) is 27.7 Å². The number of rotatable bonds is 1. The fourth-order valence-electron chi connectivity index (χ4n) is 1.91. The minimum absolute atomic E-state index is 0. The van der Waals surface area contributed by atoms with Crippen LogP contribution in [0.5, 0.6) is 0 Å². The second-order valence-corrected chi connectivity index (χ2v) is 10.6. The van der Waals surface area contributed by atoms with Gasteiger partial charge in [-0.2, -0.15) is 5.57 Å². The molecule has 1 aliphatic carbocycles. The summed E-state index contributed by atoms with van der Waals surface area (Å²) in [6, 6.07) is 0. The molecule has 0 heterocycles. The number of hydrogen-bond acceptors (Lipinski definition) is 0. The predicted octanol–water partition coefficient (Wildman–Crippen LogP) is -5.02. The van der Waals surface area contributed by atoms with Crippen LogP contribution < -0.4 is 37.2 Å².